The van der Waals surface area contributed by atoms with Crippen molar-refractivity contribution in [2.45, 2.75) is 6.54 Å². The Kier molecular flexibility index (Phi) is 3.88. The molecule has 1 aromatic heterocycles. The Bertz CT molecular complexity index is 624. The van der Waals surface area contributed by atoms with Gasteiger partial charge in [-0.25, -0.2) is 9.78 Å². The first-order valence-electron chi connectivity index (χ1n) is 5.22. The predicted molar refractivity (Wildman–Crippen MR) is 71.3 cm³/mol. The van der Waals surface area contributed by atoms with Gasteiger partial charge in [-0.15, -0.1) is 0 Å². The zero-order valence-electron chi connectivity index (χ0n) is 9.34. The summed E-state index contributed by atoms with van der Waals surface area (Å²) in [5.74, 6) is -0.281. The molecule has 0 spiro atoms. The van der Waals surface area contributed by atoms with Crippen LogP contribution in [0.3, 0.4) is 0 Å². The molecule has 2 rings (SSSR count). The van der Waals surface area contributed by atoms with E-state index in [9.17, 15) is 9.59 Å². The number of hydrogen-bond donors (Lipinski definition) is 1. The maximum Gasteiger partial charge on any atom is 0.347 e. The molecule has 0 aliphatic heterocycles. The molecule has 1 aromatic carbocycles. The van der Waals surface area contributed by atoms with Gasteiger partial charge in [0.25, 0.3) is 0 Å². The van der Waals surface area contributed by atoms with Gasteiger partial charge in [-0.3, -0.25) is 9.36 Å². The number of benzene rings is 1. The molecule has 92 valence electrons. The molecule has 1 amide bonds. The van der Waals surface area contributed by atoms with Crippen LogP contribution in [0.15, 0.2) is 52.0 Å². The molecule has 5 nitrogen and oxygen atoms in total. The monoisotopic (exact) mass is 307 g/mol. The first-order chi connectivity index (χ1) is 8.66. The van der Waals surface area contributed by atoms with Crippen LogP contribution in [0.2, 0.25) is 0 Å². The van der Waals surface area contributed by atoms with Crippen LogP contribution in [0, 0.1) is 0 Å². The molecule has 0 radical (unpaired) electrons. The number of amides is 1. The second kappa shape index (κ2) is 5.59. The summed E-state index contributed by atoms with van der Waals surface area (Å²) in [5.41, 5.74) is 0.221. The summed E-state index contributed by atoms with van der Waals surface area (Å²) in [6.07, 6.45) is 2.92. The van der Waals surface area contributed by atoms with Crippen LogP contribution in [-0.2, 0) is 11.3 Å². The summed E-state index contributed by atoms with van der Waals surface area (Å²) in [4.78, 5) is 26.7. The minimum atomic E-state index is -0.445. The van der Waals surface area contributed by atoms with Gasteiger partial charge in [-0.1, -0.05) is 12.1 Å². The number of nitrogens with one attached hydrogen (secondary N) is 1. The molecule has 1 N–H and O–H groups in total. The van der Waals surface area contributed by atoms with Crippen molar-refractivity contribution in [3.05, 3.63) is 57.7 Å². The number of carbonyl (C=O) groups excluding carboxylic acids is 1. The Balaban J connectivity index is 2.09. The summed E-state index contributed by atoms with van der Waals surface area (Å²) in [6.45, 7) is -0.0615. The third kappa shape index (κ3) is 3.04. The van der Waals surface area contributed by atoms with Gasteiger partial charge in [-0.05, 0) is 34.1 Å². The fourth-order valence-electron chi connectivity index (χ4n) is 1.41. The highest BCUT2D eigenvalue weighted by Crippen LogP contribution is 2.20. The largest absolute Gasteiger partial charge is 0.347 e. The highest BCUT2D eigenvalue weighted by atomic mass is 79.9. The van der Waals surface area contributed by atoms with Gasteiger partial charge < -0.3 is 5.32 Å². The highest BCUT2D eigenvalue weighted by molar-refractivity contribution is 9.10. The smallest absolute Gasteiger partial charge is 0.324 e. The molecule has 0 unspecified atom stereocenters. The van der Waals surface area contributed by atoms with Crippen LogP contribution in [0.25, 0.3) is 0 Å². The van der Waals surface area contributed by atoms with Crippen LogP contribution in [0.1, 0.15) is 0 Å². The van der Waals surface area contributed by atoms with E-state index in [0.717, 1.165) is 4.47 Å². The first-order valence-corrected chi connectivity index (χ1v) is 6.02. The highest BCUT2D eigenvalue weighted by Gasteiger charge is 2.06. The van der Waals surface area contributed by atoms with Gasteiger partial charge in [0.2, 0.25) is 5.91 Å². The lowest BCUT2D eigenvalue weighted by molar-refractivity contribution is -0.116. The Morgan fingerprint density at radius 2 is 2.11 bits per heavy atom. The quantitative estimate of drug-likeness (QED) is 0.937. The Hall–Kier alpha value is -1.95. The van der Waals surface area contributed by atoms with Crippen molar-refractivity contribution in [1.29, 1.82) is 0 Å². The number of hydrogen-bond acceptors (Lipinski definition) is 3. The van der Waals surface area contributed by atoms with Crippen LogP contribution in [-0.4, -0.2) is 15.5 Å². The molecule has 0 fully saturated rings. The van der Waals surface area contributed by atoms with Crippen molar-refractivity contribution in [3.63, 3.8) is 0 Å². The van der Waals surface area contributed by atoms with E-state index in [1.165, 1.54) is 17.0 Å². The van der Waals surface area contributed by atoms with Crippen molar-refractivity contribution in [2.75, 3.05) is 5.32 Å². The zero-order valence-corrected chi connectivity index (χ0v) is 10.9. The third-order valence-electron chi connectivity index (χ3n) is 2.24. The third-order valence-corrected chi connectivity index (χ3v) is 2.94. The summed E-state index contributed by atoms with van der Waals surface area (Å²) in [5, 5.41) is 2.71. The average Bonchev–Trinajstić information content (AvgIpc) is 2.35. The van der Waals surface area contributed by atoms with Crippen LogP contribution < -0.4 is 11.0 Å². The molecule has 6 heteroatoms. The van der Waals surface area contributed by atoms with E-state index in [4.69, 9.17) is 0 Å². The fourth-order valence-corrected chi connectivity index (χ4v) is 1.80. The van der Waals surface area contributed by atoms with Crippen molar-refractivity contribution in [2.24, 2.45) is 0 Å². The molecular formula is C12H10BrN3O2. The molecule has 0 atom stereocenters. The van der Waals surface area contributed by atoms with E-state index < -0.39 is 5.69 Å². The van der Waals surface area contributed by atoms with E-state index in [1.807, 2.05) is 18.2 Å². The van der Waals surface area contributed by atoms with Gasteiger partial charge >= 0.3 is 5.69 Å². The zero-order chi connectivity index (χ0) is 13.0. The van der Waals surface area contributed by atoms with Gasteiger partial charge in [-0.2, -0.15) is 0 Å². The second-order valence-corrected chi connectivity index (χ2v) is 4.41. The molecule has 0 saturated carbocycles. The average molecular weight is 308 g/mol. The predicted octanol–water partition coefficient (Wildman–Crippen LogP) is 1.64. The fraction of sp³-hybridized carbons (Fsp3) is 0.0833. The minimum Gasteiger partial charge on any atom is -0.324 e. The summed E-state index contributed by atoms with van der Waals surface area (Å²) in [6, 6.07) is 8.87. The lowest BCUT2D eigenvalue weighted by atomic mass is 10.3. The van der Waals surface area contributed by atoms with Crippen molar-refractivity contribution in [3.8, 4) is 0 Å². The van der Waals surface area contributed by atoms with Crippen molar-refractivity contribution < 1.29 is 4.79 Å². The number of halogens is 1. The second-order valence-electron chi connectivity index (χ2n) is 3.56. The Morgan fingerprint density at radius 1 is 1.33 bits per heavy atom. The van der Waals surface area contributed by atoms with Crippen LogP contribution >= 0.6 is 15.9 Å². The van der Waals surface area contributed by atoms with Crippen molar-refractivity contribution >= 4 is 27.5 Å². The summed E-state index contributed by atoms with van der Waals surface area (Å²) >= 11 is 3.33. The summed E-state index contributed by atoms with van der Waals surface area (Å²) < 4.78 is 2.03. The number of aromatic nitrogens is 2. The van der Waals surface area contributed by atoms with E-state index >= 15 is 0 Å². The molecule has 0 aliphatic carbocycles. The lowest BCUT2D eigenvalue weighted by Gasteiger charge is -2.07. The van der Waals surface area contributed by atoms with Gasteiger partial charge in [0.1, 0.15) is 6.54 Å². The molecule has 0 bridgehead atoms. The SMILES string of the molecule is O=C(Cn1cccnc1=O)Nc1ccccc1Br. The van der Waals surface area contributed by atoms with Crippen LogP contribution in [0.5, 0.6) is 0 Å². The molecule has 18 heavy (non-hydrogen) atoms. The molecule has 1 heterocycles. The first kappa shape index (κ1) is 12.5. The normalized spacial score (nSPS) is 10.1. The standard InChI is InChI=1S/C12H10BrN3O2/c13-9-4-1-2-5-10(9)15-11(17)8-16-7-3-6-14-12(16)18/h1-7H,8H2,(H,15,17). The number of anilines is 1. The molecule has 0 saturated heterocycles. The Labute approximate surface area is 112 Å². The van der Waals surface area contributed by atoms with E-state index in [2.05, 4.69) is 26.2 Å². The maximum atomic E-state index is 11.8. The lowest BCUT2D eigenvalue weighted by Crippen LogP contribution is -2.28. The van der Waals surface area contributed by atoms with Gasteiger partial charge in [0.15, 0.2) is 0 Å². The van der Waals surface area contributed by atoms with Gasteiger partial charge in [0, 0.05) is 16.9 Å². The van der Waals surface area contributed by atoms with Crippen molar-refractivity contribution in [1.82, 2.24) is 9.55 Å². The number of carbonyl (C=O) groups is 1. The van der Waals surface area contributed by atoms with E-state index in [-0.39, 0.29) is 12.5 Å². The molecule has 0 aliphatic rings. The topological polar surface area (TPSA) is 64.0 Å². The maximum absolute atomic E-state index is 11.8. The Morgan fingerprint density at radius 3 is 2.83 bits per heavy atom. The number of para-hydroxylation sites is 1. The molecular weight excluding hydrogens is 298 g/mol. The van der Waals surface area contributed by atoms with E-state index in [0.29, 0.717) is 5.69 Å². The summed E-state index contributed by atoms with van der Waals surface area (Å²) in [7, 11) is 0. The van der Waals surface area contributed by atoms with Crippen LogP contribution in [0.4, 0.5) is 5.69 Å². The number of rotatable bonds is 3. The number of nitrogens with zero attached hydrogens (tertiary/aromatic N) is 2. The molecule has 2 aromatic rings. The van der Waals surface area contributed by atoms with Gasteiger partial charge in [0.05, 0.1) is 5.69 Å². The minimum absolute atomic E-state index is 0.0615. The van der Waals surface area contributed by atoms with E-state index in [1.54, 1.807) is 12.1 Å².